The number of rotatable bonds is 4. The van der Waals surface area contributed by atoms with Crippen LogP contribution in [-0.4, -0.2) is 35.5 Å². The monoisotopic (exact) mass is 412 g/mol. The predicted octanol–water partition coefficient (Wildman–Crippen LogP) is 3.29. The van der Waals surface area contributed by atoms with Gasteiger partial charge in [-0.25, -0.2) is 18.2 Å². The minimum atomic E-state index is -3.19. The van der Waals surface area contributed by atoms with Crippen molar-refractivity contribution < 1.29 is 13.2 Å². The highest BCUT2D eigenvalue weighted by molar-refractivity contribution is 7.90. The molecule has 138 valence electrons. The van der Waals surface area contributed by atoms with E-state index >= 15 is 0 Å². The van der Waals surface area contributed by atoms with Gasteiger partial charge in [0.2, 0.25) is 10.0 Å². The standard InChI is InChI=1S/C16H17ClN4O3S2/c17-10-1-3-11(4-2-10)18-15(22)20-16-19-13-7-8-21(9-14(13)25-16)26(23,24)12-5-6-12/h1-4,12H,5-9H2,(H2,18,19,20,22). The zero-order valence-corrected chi connectivity index (χ0v) is 16.1. The predicted molar refractivity (Wildman–Crippen MR) is 102 cm³/mol. The van der Waals surface area contributed by atoms with Crippen molar-refractivity contribution in [1.29, 1.82) is 0 Å². The highest BCUT2D eigenvalue weighted by atomic mass is 35.5. The molecule has 0 atom stereocenters. The van der Waals surface area contributed by atoms with E-state index in [1.165, 1.54) is 11.3 Å². The van der Waals surface area contributed by atoms with E-state index in [2.05, 4.69) is 15.6 Å². The van der Waals surface area contributed by atoms with Crippen molar-refractivity contribution in [1.82, 2.24) is 9.29 Å². The molecular weight excluding hydrogens is 396 g/mol. The maximum atomic E-state index is 12.4. The Bertz CT molecular complexity index is 939. The van der Waals surface area contributed by atoms with E-state index in [0.29, 0.717) is 35.4 Å². The van der Waals surface area contributed by atoms with Crippen LogP contribution in [0.4, 0.5) is 15.6 Å². The van der Waals surface area contributed by atoms with Gasteiger partial charge < -0.3 is 5.32 Å². The molecule has 1 aromatic heterocycles. The minimum absolute atomic E-state index is 0.209. The van der Waals surface area contributed by atoms with Crippen LogP contribution >= 0.6 is 22.9 Å². The average molecular weight is 413 g/mol. The average Bonchev–Trinajstić information content (AvgIpc) is 3.38. The second kappa shape index (κ2) is 6.80. The van der Waals surface area contributed by atoms with Gasteiger partial charge in [-0.3, -0.25) is 5.32 Å². The number of hydrogen-bond acceptors (Lipinski definition) is 5. The van der Waals surface area contributed by atoms with Gasteiger partial charge in [0.1, 0.15) is 0 Å². The molecule has 1 fully saturated rings. The first-order chi connectivity index (χ1) is 12.4. The van der Waals surface area contributed by atoms with Crippen LogP contribution in [0.15, 0.2) is 24.3 Å². The van der Waals surface area contributed by atoms with Crippen LogP contribution in [0.1, 0.15) is 23.4 Å². The molecule has 2 aromatic rings. The molecule has 1 saturated carbocycles. The van der Waals surface area contributed by atoms with Crippen molar-refractivity contribution in [3.8, 4) is 0 Å². The lowest BCUT2D eigenvalue weighted by atomic mass is 10.2. The lowest BCUT2D eigenvalue weighted by molar-refractivity contribution is 0.262. The number of carbonyl (C=O) groups is 1. The van der Waals surface area contributed by atoms with Gasteiger partial charge in [-0.15, -0.1) is 0 Å². The van der Waals surface area contributed by atoms with Crippen LogP contribution in [0.25, 0.3) is 0 Å². The summed E-state index contributed by atoms with van der Waals surface area (Å²) in [6, 6.07) is 6.38. The molecular formula is C16H17ClN4O3S2. The summed E-state index contributed by atoms with van der Waals surface area (Å²) < 4.78 is 26.3. The first-order valence-corrected chi connectivity index (χ1v) is 10.9. The molecule has 2 heterocycles. The number of sulfonamides is 1. The summed E-state index contributed by atoms with van der Waals surface area (Å²) in [6.07, 6.45) is 2.08. The molecule has 0 radical (unpaired) electrons. The maximum absolute atomic E-state index is 12.4. The Morgan fingerprint density at radius 1 is 1.23 bits per heavy atom. The molecule has 0 saturated heterocycles. The lowest BCUT2D eigenvalue weighted by Crippen LogP contribution is -2.37. The van der Waals surface area contributed by atoms with Crippen molar-refractivity contribution in [3.05, 3.63) is 39.9 Å². The van der Waals surface area contributed by atoms with Crippen LogP contribution in [0.2, 0.25) is 5.02 Å². The smallest absolute Gasteiger partial charge is 0.308 e. The second-order valence-corrected chi connectivity index (χ2v) is 10.0. The third-order valence-corrected chi connectivity index (χ3v) is 7.92. The highest BCUT2D eigenvalue weighted by Crippen LogP contribution is 2.35. The molecule has 2 amide bonds. The molecule has 1 aliphatic carbocycles. The van der Waals surface area contributed by atoms with Gasteiger partial charge in [0.05, 0.1) is 10.9 Å². The highest BCUT2D eigenvalue weighted by Gasteiger charge is 2.41. The minimum Gasteiger partial charge on any atom is -0.308 e. The van der Waals surface area contributed by atoms with Crippen LogP contribution in [-0.2, 0) is 23.0 Å². The maximum Gasteiger partial charge on any atom is 0.325 e. The van der Waals surface area contributed by atoms with Crippen LogP contribution in [0.3, 0.4) is 0 Å². The Morgan fingerprint density at radius 2 is 1.96 bits per heavy atom. The number of aromatic nitrogens is 1. The molecule has 0 bridgehead atoms. The Morgan fingerprint density at radius 3 is 2.65 bits per heavy atom. The largest absolute Gasteiger partial charge is 0.325 e. The molecule has 1 aliphatic heterocycles. The number of amides is 2. The molecule has 4 rings (SSSR count). The normalized spacial score (nSPS) is 17.6. The first-order valence-electron chi connectivity index (χ1n) is 8.23. The topological polar surface area (TPSA) is 91.4 Å². The van der Waals surface area contributed by atoms with Gasteiger partial charge in [0.25, 0.3) is 0 Å². The third kappa shape index (κ3) is 3.71. The van der Waals surface area contributed by atoms with E-state index in [-0.39, 0.29) is 5.25 Å². The summed E-state index contributed by atoms with van der Waals surface area (Å²) in [4.78, 5) is 17.4. The summed E-state index contributed by atoms with van der Waals surface area (Å²) in [6.45, 7) is 0.790. The number of nitrogens with one attached hydrogen (secondary N) is 2. The number of anilines is 2. The van der Waals surface area contributed by atoms with E-state index in [1.807, 2.05) is 0 Å². The number of halogens is 1. The molecule has 2 aliphatic rings. The Balaban J connectivity index is 1.41. The molecule has 2 N–H and O–H groups in total. The summed E-state index contributed by atoms with van der Waals surface area (Å²) in [7, 11) is -3.19. The van der Waals surface area contributed by atoms with Crippen LogP contribution in [0, 0.1) is 0 Å². The zero-order chi connectivity index (χ0) is 18.3. The number of nitrogens with zero attached hydrogens (tertiary/aromatic N) is 2. The van der Waals surface area contributed by atoms with Crippen molar-refractivity contribution in [3.63, 3.8) is 0 Å². The number of hydrogen-bond donors (Lipinski definition) is 2. The Kier molecular flexibility index (Phi) is 4.64. The van der Waals surface area contributed by atoms with E-state index in [1.54, 1.807) is 28.6 Å². The van der Waals surface area contributed by atoms with E-state index < -0.39 is 16.1 Å². The van der Waals surface area contributed by atoms with E-state index in [9.17, 15) is 13.2 Å². The second-order valence-electron chi connectivity index (χ2n) is 6.30. The molecule has 10 heteroatoms. The van der Waals surface area contributed by atoms with Gasteiger partial charge in [-0.2, -0.15) is 4.31 Å². The SMILES string of the molecule is O=C(Nc1ccc(Cl)cc1)Nc1nc2c(s1)CN(S(=O)(=O)C1CC1)CC2. The fraction of sp³-hybridized carbons (Fsp3) is 0.375. The van der Waals surface area contributed by atoms with Crippen LogP contribution in [0.5, 0.6) is 0 Å². The molecule has 7 nitrogen and oxygen atoms in total. The fourth-order valence-corrected chi connectivity index (χ4v) is 5.85. The number of benzene rings is 1. The molecule has 0 unspecified atom stereocenters. The van der Waals surface area contributed by atoms with Gasteiger partial charge in [0.15, 0.2) is 5.13 Å². The van der Waals surface area contributed by atoms with E-state index in [4.69, 9.17) is 11.6 Å². The summed E-state index contributed by atoms with van der Waals surface area (Å²) in [5, 5.41) is 6.26. The third-order valence-electron chi connectivity index (χ3n) is 4.32. The van der Waals surface area contributed by atoms with Crippen molar-refractivity contribution >= 4 is 49.8 Å². The number of carbonyl (C=O) groups excluding carboxylic acids is 1. The Hall–Kier alpha value is -1.68. The first kappa shape index (κ1) is 17.7. The van der Waals surface area contributed by atoms with Gasteiger partial charge >= 0.3 is 6.03 Å². The summed E-state index contributed by atoms with van der Waals surface area (Å²) in [5.74, 6) is 0. The van der Waals surface area contributed by atoms with Crippen molar-refractivity contribution in [2.75, 3.05) is 17.2 Å². The van der Waals surface area contributed by atoms with Gasteiger partial charge in [-0.05, 0) is 37.1 Å². The fourth-order valence-electron chi connectivity index (χ4n) is 2.81. The van der Waals surface area contributed by atoms with Crippen molar-refractivity contribution in [2.24, 2.45) is 0 Å². The Labute approximate surface area is 160 Å². The zero-order valence-electron chi connectivity index (χ0n) is 13.7. The molecule has 1 aromatic carbocycles. The summed E-state index contributed by atoms with van der Waals surface area (Å²) >= 11 is 7.14. The number of thiazole rings is 1. The van der Waals surface area contributed by atoms with Gasteiger partial charge in [-0.1, -0.05) is 22.9 Å². The number of fused-ring (bicyclic) bond motifs is 1. The van der Waals surface area contributed by atoms with Crippen molar-refractivity contribution in [2.45, 2.75) is 31.1 Å². The van der Waals surface area contributed by atoms with E-state index in [0.717, 1.165) is 23.4 Å². The quantitative estimate of drug-likeness (QED) is 0.806. The summed E-state index contributed by atoms with van der Waals surface area (Å²) in [5.41, 5.74) is 1.48. The number of urea groups is 1. The van der Waals surface area contributed by atoms with Crippen LogP contribution < -0.4 is 10.6 Å². The molecule has 26 heavy (non-hydrogen) atoms. The molecule has 0 spiro atoms. The van der Waals surface area contributed by atoms with Gasteiger partial charge in [0, 0.05) is 35.1 Å². The lowest BCUT2D eigenvalue weighted by Gasteiger charge is -2.25.